The zero-order valence-corrected chi connectivity index (χ0v) is 10.0. The fourth-order valence-electron chi connectivity index (χ4n) is 1.30. The maximum Gasteiger partial charge on any atom is 0.489 e. The van der Waals surface area contributed by atoms with E-state index < -0.39 is 7.12 Å². The molecule has 0 bridgehead atoms. The van der Waals surface area contributed by atoms with Crippen molar-refractivity contribution in [3.05, 3.63) is 27.0 Å². The van der Waals surface area contributed by atoms with E-state index >= 15 is 0 Å². The van der Waals surface area contributed by atoms with Crippen LogP contribution in [0.3, 0.4) is 0 Å². The molecule has 2 nitrogen and oxygen atoms in total. The summed E-state index contributed by atoms with van der Waals surface area (Å²) in [7, 11) is -1.47. The fraction of sp³-hybridized carbons (Fsp3) is 0. The third-order valence-corrected chi connectivity index (χ3v) is 3.64. The smallest absolute Gasteiger partial charge is 0.423 e. The predicted octanol–water partition coefficient (Wildman–Crippen LogP) is 2.00. The van der Waals surface area contributed by atoms with Crippen molar-refractivity contribution in [3.8, 4) is 0 Å². The Kier molecular flexibility index (Phi) is 2.86. The quantitative estimate of drug-likeness (QED) is 0.789. The zero-order chi connectivity index (χ0) is 10.3. The van der Waals surface area contributed by atoms with Crippen molar-refractivity contribution in [2.24, 2.45) is 0 Å². The highest BCUT2D eigenvalue weighted by Gasteiger charge is 2.17. The Morgan fingerprint density at radius 1 is 1.29 bits per heavy atom. The van der Waals surface area contributed by atoms with E-state index in [-0.39, 0.29) is 0 Å². The molecule has 1 heterocycles. The average molecular weight is 291 g/mol. The van der Waals surface area contributed by atoms with E-state index in [1.54, 1.807) is 12.1 Å². The van der Waals surface area contributed by atoms with Gasteiger partial charge in [-0.2, -0.15) is 0 Å². The fourth-order valence-corrected chi connectivity index (χ4v) is 3.04. The van der Waals surface area contributed by atoms with Gasteiger partial charge in [-0.1, -0.05) is 27.5 Å². The van der Waals surface area contributed by atoms with E-state index in [0.29, 0.717) is 9.80 Å². The van der Waals surface area contributed by atoms with Gasteiger partial charge in [-0.15, -0.1) is 11.3 Å². The van der Waals surface area contributed by atoms with Crippen LogP contribution in [-0.4, -0.2) is 17.2 Å². The van der Waals surface area contributed by atoms with Crippen LogP contribution in [0.5, 0.6) is 0 Å². The van der Waals surface area contributed by atoms with Gasteiger partial charge < -0.3 is 10.0 Å². The van der Waals surface area contributed by atoms with Crippen LogP contribution in [0.2, 0.25) is 4.34 Å². The van der Waals surface area contributed by atoms with Crippen LogP contribution in [0.15, 0.2) is 22.7 Å². The summed E-state index contributed by atoms with van der Waals surface area (Å²) in [5, 5.41) is 19.2. The Balaban J connectivity index is 2.79. The van der Waals surface area contributed by atoms with E-state index in [1.807, 2.05) is 6.07 Å². The second kappa shape index (κ2) is 3.83. The molecule has 0 atom stereocenters. The lowest BCUT2D eigenvalue weighted by Crippen LogP contribution is -2.29. The van der Waals surface area contributed by atoms with Crippen molar-refractivity contribution in [1.29, 1.82) is 0 Å². The number of thiophene rings is 1. The van der Waals surface area contributed by atoms with Crippen LogP contribution < -0.4 is 5.46 Å². The van der Waals surface area contributed by atoms with Crippen LogP contribution in [0.25, 0.3) is 10.1 Å². The van der Waals surface area contributed by atoms with Crippen LogP contribution >= 0.6 is 38.9 Å². The molecule has 2 aromatic rings. The maximum atomic E-state index is 9.15. The molecule has 0 unspecified atom stereocenters. The highest BCUT2D eigenvalue weighted by atomic mass is 79.9. The van der Waals surface area contributed by atoms with Gasteiger partial charge in [-0.3, -0.25) is 0 Å². The van der Waals surface area contributed by atoms with Gasteiger partial charge in [0.15, 0.2) is 0 Å². The molecule has 72 valence electrons. The highest BCUT2D eigenvalue weighted by molar-refractivity contribution is 9.10. The standard InChI is InChI=1S/C8H5BBrClO2S/c10-5-1-4-2-7(11)14-8(4)6(3-5)9(12)13/h1-3,12-13H. The lowest BCUT2D eigenvalue weighted by molar-refractivity contribution is 0.426. The zero-order valence-electron chi connectivity index (χ0n) is 6.87. The second-order valence-electron chi connectivity index (χ2n) is 2.84. The van der Waals surface area contributed by atoms with Gasteiger partial charge in [0.2, 0.25) is 0 Å². The largest absolute Gasteiger partial charge is 0.489 e. The summed E-state index contributed by atoms with van der Waals surface area (Å²) in [5.41, 5.74) is 0.478. The summed E-state index contributed by atoms with van der Waals surface area (Å²) >= 11 is 10.5. The summed E-state index contributed by atoms with van der Waals surface area (Å²) in [6, 6.07) is 5.38. The van der Waals surface area contributed by atoms with Gasteiger partial charge >= 0.3 is 7.12 Å². The molecule has 0 spiro atoms. The van der Waals surface area contributed by atoms with Crippen molar-refractivity contribution < 1.29 is 10.0 Å². The minimum atomic E-state index is -1.47. The first-order chi connectivity index (χ1) is 6.58. The van der Waals surface area contributed by atoms with E-state index in [1.165, 1.54) is 11.3 Å². The molecule has 6 heteroatoms. The Morgan fingerprint density at radius 3 is 2.64 bits per heavy atom. The van der Waals surface area contributed by atoms with E-state index in [0.717, 1.165) is 14.6 Å². The summed E-state index contributed by atoms with van der Waals surface area (Å²) in [6.07, 6.45) is 0. The molecular weight excluding hydrogens is 286 g/mol. The van der Waals surface area contributed by atoms with Crippen molar-refractivity contribution >= 4 is 61.5 Å². The SMILES string of the molecule is OB(O)c1cc(Br)cc2cc(Cl)sc12. The topological polar surface area (TPSA) is 40.5 Å². The average Bonchev–Trinajstić information content (AvgIpc) is 2.42. The number of rotatable bonds is 1. The molecule has 2 rings (SSSR count). The van der Waals surface area contributed by atoms with Crippen molar-refractivity contribution in [2.75, 3.05) is 0 Å². The molecule has 0 amide bonds. The van der Waals surface area contributed by atoms with Gasteiger partial charge in [-0.25, -0.2) is 0 Å². The lowest BCUT2D eigenvalue weighted by Gasteiger charge is -2.01. The van der Waals surface area contributed by atoms with Crippen molar-refractivity contribution in [2.45, 2.75) is 0 Å². The van der Waals surface area contributed by atoms with Gasteiger partial charge in [-0.05, 0) is 23.6 Å². The van der Waals surface area contributed by atoms with Crippen LogP contribution in [0.4, 0.5) is 0 Å². The van der Waals surface area contributed by atoms with Crippen LogP contribution in [0, 0.1) is 0 Å². The van der Waals surface area contributed by atoms with Gasteiger partial charge in [0.25, 0.3) is 0 Å². The summed E-state index contributed by atoms with van der Waals surface area (Å²) in [4.78, 5) is 0. The third kappa shape index (κ3) is 1.83. The van der Waals surface area contributed by atoms with E-state index in [4.69, 9.17) is 21.6 Å². The number of halogens is 2. The first-order valence-corrected chi connectivity index (χ1v) is 5.81. The van der Waals surface area contributed by atoms with E-state index in [9.17, 15) is 0 Å². The molecule has 0 aliphatic carbocycles. The van der Waals surface area contributed by atoms with Crippen molar-refractivity contribution in [3.63, 3.8) is 0 Å². The number of hydrogen-bond acceptors (Lipinski definition) is 3. The van der Waals surface area contributed by atoms with Crippen molar-refractivity contribution in [1.82, 2.24) is 0 Å². The predicted molar refractivity (Wildman–Crippen MR) is 64.4 cm³/mol. The monoisotopic (exact) mass is 290 g/mol. The molecule has 0 radical (unpaired) electrons. The molecule has 2 N–H and O–H groups in total. The summed E-state index contributed by atoms with van der Waals surface area (Å²) in [5.74, 6) is 0. The molecule has 14 heavy (non-hydrogen) atoms. The van der Waals surface area contributed by atoms with E-state index in [2.05, 4.69) is 15.9 Å². The van der Waals surface area contributed by atoms with Gasteiger partial charge in [0.1, 0.15) is 0 Å². The Bertz CT molecular complexity index is 485. The summed E-state index contributed by atoms with van der Waals surface area (Å²) < 4.78 is 2.26. The molecule has 0 saturated heterocycles. The Morgan fingerprint density at radius 2 is 2.00 bits per heavy atom. The lowest BCUT2D eigenvalue weighted by atomic mass is 9.80. The highest BCUT2D eigenvalue weighted by Crippen LogP contribution is 2.30. The molecule has 0 aliphatic heterocycles. The van der Waals surface area contributed by atoms with Gasteiger partial charge in [0.05, 0.1) is 4.34 Å². The van der Waals surface area contributed by atoms with Crippen LogP contribution in [0.1, 0.15) is 0 Å². The molecule has 0 fully saturated rings. The first-order valence-electron chi connectivity index (χ1n) is 3.82. The minimum Gasteiger partial charge on any atom is -0.423 e. The Labute approximate surface area is 98.4 Å². The maximum absolute atomic E-state index is 9.15. The molecule has 0 saturated carbocycles. The van der Waals surface area contributed by atoms with Crippen LogP contribution in [-0.2, 0) is 0 Å². The number of hydrogen-bond donors (Lipinski definition) is 2. The summed E-state index contributed by atoms with van der Waals surface area (Å²) in [6.45, 7) is 0. The second-order valence-corrected chi connectivity index (χ2v) is 5.44. The molecular formula is C8H5BBrClO2S. The molecule has 1 aromatic carbocycles. The molecule has 0 aliphatic rings. The number of benzene rings is 1. The third-order valence-electron chi connectivity index (χ3n) is 1.86. The van der Waals surface area contributed by atoms with Gasteiger partial charge in [0, 0.05) is 14.6 Å². The minimum absolute atomic E-state index is 0.478. The first kappa shape index (κ1) is 10.5. The molecule has 1 aromatic heterocycles. The normalized spacial score (nSPS) is 10.9. The Hall–Kier alpha value is -0.0651. The number of fused-ring (bicyclic) bond motifs is 1.